The van der Waals surface area contributed by atoms with E-state index in [4.69, 9.17) is 22.4 Å². The quantitative estimate of drug-likeness (QED) is 0.619. The highest BCUT2D eigenvalue weighted by molar-refractivity contribution is 6.32. The molecule has 0 aliphatic heterocycles. The van der Waals surface area contributed by atoms with Gasteiger partial charge in [0, 0.05) is 6.07 Å². The molecule has 0 aliphatic carbocycles. The van der Waals surface area contributed by atoms with E-state index in [1.165, 1.54) is 19.1 Å². The minimum absolute atomic E-state index is 0.0602. The maximum Gasteiger partial charge on any atom is 0.328 e. The molecule has 0 saturated heterocycles. The summed E-state index contributed by atoms with van der Waals surface area (Å²) in [6.45, 7) is 1.25. The first-order valence-electron chi connectivity index (χ1n) is 4.23. The van der Waals surface area contributed by atoms with Gasteiger partial charge < -0.3 is 10.8 Å². The normalized spacial score (nSPS) is 14.2. The highest BCUT2D eigenvalue weighted by atomic mass is 35.5. The first-order chi connectivity index (χ1) is 7.26. The van der Waals surface area contributed by atoms with E-state index in [0.717, 1.165) is 6.07 Å². The van der Waals surface area contributed by atoms with Crippen LogP contribution in [-0.4, -0.2) is 16.0 Å². The Balaban J connectivity index is 3.33. The molecule has 0 amide bonds. The van der Waals surface area contributed by atoms with Crippen LogP contribution < -0.4 is 5.73 Å². The fourth-order valence-electron chi connectivity index (χ4n) is 1.10. The molecule has 6 nitrogen and oxygen atoms in total. The minimum atomic E-state index is -1.69. The fourth-order valence-corrected chi connectivity index (χ4v) is 1.29. The molecule has 1 aromatic carbocycles. The zero-order valence-electron chi connectivity index (χ0n) is 8.31. The molecule has 0 aromatic heterocycles. The van der Waals surface area contributed by atoms with Crippen LogP contribution in [0, 0.1) is 10.1 Å². The number of carboxylic acids is 1. The van der Waals surface area contributed by atoms with Gasteiger partial charge in [-0.25, -0.2) is 4.79 Å². The molecule has 0 radical (unpaired) electrons. The van der Waals surface area contributed by atoms with E-state index in [0.29, 0.717) is 0 Å². The van der Waals surface area contributed by atoms with Gasteiger partial charge in [-0.05, 0) is 18.6 Å². The van der Waals surface area contributed by atoms with Gasteiger partial charge in [0.25, 0.3) is 5.69 Å². The third kappa shape index (κ3) is 2.12. The molecule has 0 spiro atoms. The maximum atomic E-state index is 10.9. The van der Waals surface area contributed by atoms with Gasteiger partial charge in [-0.15, -0.1) is 0 Å². The van der Waals surface area contributed by atoms with Gasteiger partial charge in [0.15, 0.2) is 0 Å². The van der Waals surface area contributed by atoms with Crippen molar-refractivity contribution < 1.29 is 14.8 Å². The first-order valence-corrected chi connectivity index (χ1v) is 4.61. The van der Waals surface area contributed by atoms with Gasteiger partial charge in [0.1, 0.15) is 10.6 Å². The lowest BCUT2D eigenvalue weighted by molar-refractivity contribution is -0.384. The highest BCUT2D eigenvalue weighted by Crippen LogP contribution is 2.29. The van der Waals surface area contributed by atoms with Crippen molar-refractivity contribution in [3.63, 3.8) is 0 Å². The lowest BCUT2D eigenvalue weighted by atomic mass is 9.93. The van der Waals surface area contributed by atoms with Gasteiger partial charge in [-0.3, -0.25) is 10.1 Å². The van der Waals surface area contributed by atoms with E-state index >= 15 is 0 Å². The Morgan fingerprint density at radius 3 is 2.62 bits per heavy atom. The van der Waals surface area contributed by atoms with E-state index in [9.17, 15) is 14.9 Å². The Bertz CT molecular complexity index is 459. The number of carbonyl (C=O) groups is 1. The van der Waals surface area contributed by atoms with Crippen molar-refractivity contribution in [3.8, 4) is 0 Å². The second-order valence-electron chi connectivity index (χ2n) is 3.43. The molecule has 16 heavy (non-hydrogen) atoms. The molecule has 0 bridgehead atoms. The molecule has 7 heteroatoms. The summed E-state index contributed by atoms with van der Waals surface area (Å²) in [6, 6.07) is 3.67. The lowest BCUT2D eigenvalue weighted by Crippen LogP contribution is -2.41. The van der Waals surface area contributed by atoms with E-state index in [2.05, 4.69) is 0 Å². The molecule has 1 rings (SSSR count). The average molecular weight is 245 g/mol. The summed E-state index contributed by atoms with van der Waals surface area (Å²) in [6.07, 6.45) is 0. The molecule has 0 saturated carbocycles. The van der Waals surface area contributed by atoms with Crippen molar-refractivity contribution in [1.29, 1.82) is 0 Å². The van der Waals surface area contributed by atoms with Crippen molar-refractivity contribution in [2.45, 2.75) is 12.5 Å². The molecule has 1 atom stereocenters. The van der Waals surface area contributed by atoms with E-state index in [1.54, 1.807) is 0 Å². The number of benzene rings is 1. The molecule has 86 valence electrons. The SMILES string of the molecule is CC(N)(C(=O)O)c1ccc(Cl)c([N+](=O)[O-])c1. The summed E-state index contributed by atoms with van der Waals surface area (Å²) in [5.41, 5.74) is 3.61. The predicted molar refractivity (Wildman–Crippen MR) is 57.3 cm³/mol. The minimum Gasteiger partial charge on any atom is -0.480 e. The summed E-state index contributed by atoms with van der Waals surface area (Å²) in [4.78, 5) is 20.8. The number of rotatable bonds is 3. The topological polar surface area (TPSA) is 106 Å². The smallest absolute Gasteiger partial charge is 0.328 e. The number of nitro groups is 1. The van der Waals surface area contributed by atoms with Crippen LogP contribution in [0.1, 0.15) is 12.5 Å². The van der Waals surface area contributed by atoms with E-state index in [-0.39, 0.29) is 16.3 Å². The van der Waals surface area contributed by atoms with Crippen LogP contribution in [0.15, 0.2) is 18.2 Å². The highest BCUT2D eigenvalue weighted by Gasteiger charge is 2.32. The first kappa shape index (κ1) is 12.4. The number of nitrogens with two attached hydrogens (primary N) is 1. The van der Waals surface area contributed by atoms with Gasteiger partial charge in [0.2, 0.25) is 0 Å². The molecular weight excluding hydrogens is 236 g/mol. The van der Waals surface area contributed by atoms with Gasteiger partial charge in [-0.1, -0.05) is 17.7 Å². The Labute approximate surface area is 95.8 Å². The number of nitro benzene ring substituents is 1. The van der Waals surface area contributed by atoms with Crippen LogP contribution >= 0.6 is 11.6 Å². The number of aliphatic carboxylic acids is 1. The van der Waals surface area contributed by atoms with Crippen molar-refractivity contribution in [2.24, 2.45) is 5.73 Å². The Morgan fingerprint density at radius 2 is 2.19 bits per heavy atom. The number of halogens is 1. The number of nitrogens with zero attached hydrogens (tertiary/aromatic N) is 1. The zero-order chi connectivity index (χ0) is 12.5. The monoisotopic (exact) mass is 244 g/mol. The van der Waals surface area contributed by atoms with Crippen molar-refractivity contribution >= 4 is 23.3 Å². The third-order valence-electron chi connectivity index (χ3n) is 2.19. The Morgan fingerprint density at radius 1 is 1.62 bits per heavy atom. The number of hydrogen-bond donors (Lipinski definition) is 2. The largest absolute Gasteiger partial charge is 0.480 e. The third-order valence-corrected chi connectivity index (χ3v) is 2.51. The Kier molecular flexibility index (Phi) is 3.16. The standard InChI is InChI=1S/C9H9ClN2O4/c1-9(11,8(13)14)5-2-3-6(10)7(4-5)12(15)16/h2-4H,11H2,1H3,(H,13,14). The molecule has 1 unspecified atom stereocenters. The van der Waals surface area contributed by atoms with Crippen molar-refractivity contribution in [2.75, 3.05) is 0 Å². The predicted octanol–water partition coefficient (Wildman–Crippen LogP) is 1.51. The molecule has 0 fully saturated rings. The van der Waals surface area contributed by atoms with Crippen LogP contribution in [0.4, 0.5) is 5.69 Å². The summed E-state index contributed by atoms with van der Waals surface area (Å²) >= 11 is 5.59. The van der Waals surface area contributed by atoms with E-state index in [1.807, 2.05) is 0 Å². The van der Waals surface area contributed by atoms with Crippen LogP contribution in [0.3, 0.4) is 0 Å². The maximum absolute atomic E-state index is 10.9. The average Bonchev–Trinajstić information content (AvgIpc) is 2.17. The zero-order valence-corrected chi connectivity index (χ0v) is 9.06. The Hall–Kier alpha value is -1.66. The van der Waals surface area contributed by atoms with Crippen LogP contribution in [0.2, 0.25) is 5.02 Å². The summed E-state index contributed by atoms with van der Waals surface area (Å²) in [7, 11) is 0. The summed E-state index contributed by atoms with van der Waals surface area (Å²) < 4.78 is 0. The van der Waals surface area contributed by atoms with Gasteiger partial charge in [-0.2, -0.15) is 0 Å². The van der Waals surface area contributed by atoms with Crippen LogP contribution in [-0.2, 0) is 10.3 Å². The molecular formula is C9H9ClN2O4. The summed E-state index contributed by atoms with van der Waals surface area (Å²) in [5.74, 6) is -1.27. The lowest BCUT2D eigenvalue weighted by Gasteiger charge is -2.19. The second kappa shape index (κ2) is 4.07. The van der Waals surface area contributed by atoms with Crippen molar-refractivity contribution in [1.82, 2.24) is 0 Å². The van der Waals surface area contributed by atoms with Crippen molar-refractivity contribution in [3.05, 3.63) is 38.9 Å². The molecule has 1 aromatic rings. The number of hydrogen-bond acceptors (Lipinski definition) is 4. The fraction of sp³-hybridized carbons (Fsp3) is 0.222. The molecule has 3 N–H and O–H groups in total. The molecule has 0 heterocycles. The van der Waals surface area contributed by atoms with Gasteiger partial charge in [0.05, 0.1) is 4.92 Å². The van der Waals surface area contributed by atoms with E-state index < -0.39 is 16.4 Å². The van der Waals surface area contributed by atoms with Crippen LogP contribution in [0.25, 0.3) is 0 Å². The number of carboxylic acid groups (broad SMARTS) is 1. The molecule has 0 aliphatic rings. The van der Waals surface area contributed by atoms with Gasteiger partial charge >= 0.3 is 5.97 Å². The second-order valence-corrected chi connectivity index (χ2v) is 3.84. The summed E-state index contributed by atoms with van der Waals surface area (Å²) in [5, 5.41) is 19.4. The van der Waals surface area contributed by atoms with Crippen LogP contribution in [0.5, 0.6) is 0 Å².